The largest absolute Gasteiger partial charge is 0.480 e. The monoisotopic (exact) mass is 386 g/mol. The zero-order chi connectivity index (χ0) is 18.7. The van der Waals surface area contributed by atoms with Crippen molar-refractivity contribution >= 4 is 39.6 Å². The van der Waals surface area contributed by atoms with E-state index < -0.39 is 5.97 Å². The summed E-state index contributed by atoms with van der Waals surface area (Å²) in [7, 11) is 0. The van der Waals surface area contributed by atoms with Gasteiger partial charge in [0.1, 0.15) is 6.54 Å². The van der Waals surface area contributed by atoms with Gasteiger partial charge in [-0.1, -0.05) is 53.3 Å². The number of hydrogen-bond donors (Lipinski definition) is 2. The molecule has 0 bridgehead atoms. The van der Waals surface area contributed by atoms with Gasteiger partial charge < -0.3 is 9.67 Å². The molecule has 0 saturated heterocycles. The van der Waals surface area contributed by atoms with Crippen LogP contribution in [-0.2, 0) is 11.3 Å². The molecule has 1 aromatic heterocycles. The van der Waals surface area contributed by atoms with E-state index in [0.717, 1.165) is 16.9 Å². The average molecular weight is 387 g/mol. The van der Waals surface area contributed by atoms with Crippen LogP contribution in [0.1, 0.15) is 5.56 Å². The molecule has 0 aliphatic heterocycles. The summed E-state index contributed by atoms with van der Waals surface area (Å²) in [6, 6.07) is 14.6. The second kappa shape index (κ2) is 7.63. The van der Waals surface area contributed by atoms with Gasteiger partial charge in [-0.05, 0) is 30.7 Å². The Labute approximate surface area is 158 Å². The molecule has 2 aromatic carbocycles. The van der Waals surface area contributed by atoms with Crippen LogP contribution in [0.5, 0.6) is 0 Å². The van der Waals surface area contributed by atoms with Crippen molar-refractivity contribution in [3.63, 3.8) is 0 Å². The summed E-state index contributed by atoms with van der Waals surface area (Å²) >= 11 is 7.35. The molecule has 132 valence electrons. The molecule has 3 aromatic rings. The van der Waals surface area contributed by atoms with Crippen molar-refractivity contribution < 1.29 is 9.90 Å². The van der Waals surface area contributed by atoms with Crippen LogP contribution in [0, 0.1) is 12.3 Å². The molecule has 26 heavy (non-hydrogen) atoms. The number of hydrogen-bond acceptors (Lipinski definition) is 5. The first kappa shape index (κ1) is 18.0. The van der Waals surface area contributed by atoms with Crippen molar-refractivity contribution in [2.75, 3.05) is 0 Å². The SMILES string of the molecule is Cc1cccc(N=Nc2sc(=N)n(CC(=O)O)c2-c2ccccc2Cl)c1. The molecule has 0 unspecified atom stereocenters. The van der Waals surface area contributed by atoms with Crippen molar-refractivity contribution in [1.82, 2.24) is 4.57 Å². The highest BCUT2D eigenvalue weighted by Crippen LogP contribution is 2.37. The Morgan fingerprint density at radius 3 is 2.69 bits per heavy atom. The van der Waals surface area contributed by atoms with Crippen molar-refractivity contribution in [2.45, 2.75) is 13.5 Å². The summed E-state index contributed by atoms with van der Waals surface area (Å²) < 4.78 is 1.37. The first-order chi connectivity index (χ1) is 12.5. The Bertz CT molecular complexity index is 1060. The van der Waals surface area contributed by atoms with Gasteiger partial charge in [-0.3, -0.25) is 10.2 Å². The molecule has 0 radical (unpaired) electrons. The number of azo groups is 1. The second-order valence-electron chi connectivity index (χ2n) is 5.56. The number of aliphatic carboxylic acids is 1. The highest BCUT2D eigenvalue weighted by molar-refractivity contribution is 7.13. The van der Waals surface area contributed by atoms with Gasteiger partial charge in [0.15, 0.2) is 9.80 Å². The minimum absolute atomic E-state index is 0.0699. The van der Waals surface area contributed by atoms with Crippen LogP contribution in [0.15, 0.2) is 58.8 Å². The molecule has 8 heteroatoms. The van der Waals surface area contributed by atoms with Crippen LogP contribution in [0.25, 0.3) is 11.3 Å². The Balaban J connectivity index is 2.15. The second-order valence-corrected chi connectivity index (χ2v) is 6.94. The van der Waals surface area contributed by atoms with E-state index >= 15 is 0 Å². The first-order valence-electron chi connectivity index (χ1n) is 7.69. The van der Waals surface area contributed by atoms with Gasteiger partial charge in [0.05, 0.1) is 11.4 Å². The predicted octanol–water partition coefficient (Wildman–Crippen LogP) is 5.16. The zero-order valence-electron chi connectivity index (χ0n) is 13.8. The number of benzene rings is 2. The smallest absolute Gasteiger partial charge is 0.323 e. The lowest BCUT2D eigenvalue weighted by molar-refractivity contribution is -0.137. The lowest BCUT2D eigenvalue weighted by atomic mass is 10.1. The van der Waals surface area contributed by atoms with Gasteiger partial charge in [-0.25, -0.2) is 0 Å². The zero-order valence-corrected chi connectivity index (χ0v) is 15.4. The highest BCUT2D eigenvalue weighted by atomic mass is 35.5. The fourth-order valence-corrected chi connectivity index (χ4v) is 3.55. The molecule has 0 saturated carbocycles. The van der Waals surface area contributed by atoms with E-state index in [9.17, 15) is 9.90 Å². The van der Waals surface area contributed by atoms with Gasteiger partial charge in [0, 0.05) is 10.6 Å². The van der Waals surface area contributed by atoms with Crippen molar-refractivity contribution in [2.24, 2.45) is 10.2 Å². The number of nitrogens with zero attached hydrogens (tertiary/aromatic N) is 3. The molecular formula is C18H15ClN4O2S. The molecule has 0 fully saturated rings. The molecule has 1 heterocycles. The van der Waals surface area contributed by atoms with Gasteiger partial charge in [0.2, 0.25) is 0 Å². The number of aryl methyl sites for hydroxylation is 1. The third-order valence-electron chi connectivity index (χ3n) is 3.59. The Hall–Kier alpha value is -2.77. The van der Waals surface area contributed by atoms with Crippen LogP contribution in [-0.4, -0.2) is 15.6 Å². The normalized spacial score (nSPS) is 11.2. The van der Waals surface area contributed by atoms with Gasteiger partial charge in [-0.15, -0.1) is 10.2 Å². The van der Waals surface area contributed by atoms with Gasteiger partial charge >= 0.3 is 5.97 Å². The summed E-state index contributed by atoms with van der Waals surface area (Å²) in [6.07, 6.45) is 0. The minimum atomic E-state index is -1.04. The number of rotatable bonds is 5. The third kappa shape index (κ3) is 3.89. The Morgan fingerprint density at radius 1 is 1.23 bits per heavy atom. The van der Waals surface area contributed by atoms with Crippen LogP contribution in [0.2, 0.25) is 5.02 Å². The van der Waals surface area contributed by atoms with Crippen molar-refractivity contribution in [3.8, 4) is 11.3 Å². The molecule has 3 rings (SSSR count). The Kier molecular flexibility index (Phi) is 5.29. The molecule has 2 N–H and O–H groups in total. The third-order valence-corrected chi connectivity index (χ3v) is 4.80. The summed E-state index contributed by atoms with van der Waals surface area (Å²) in [4.78, 5) is 11.3. The first-order valence-corrected chi connectivity index (χ1v) is 8.88. The quantitative estimate of drug-likeness (QED) is 0.593. The van der Waals surface area contributed by atoms with Gasteiger partial charge in [0.25, 0.3) is 0 Å². The average Bonchev–Trinajstić information content (AvgIpc) is 2.89. The summed E-state index contributed by atoms with van der Waals surface area (Å²) in [5, 5.41) is 26.7. The maximum atomic E-state index is 11.2. The topological polar surface area (TPSA) is 90.8 Å². The summed E-state index contributed by atoms with van der Waals surface area (Å²) in [5.41, 5.74) is 2.83. The maximum Gasteiger partial charge on any atom is 0.323 e. The number of carboxylic acid groups (broad SMARTS) is 1. The fourth-order valence-electron chi connectivity index (χ4n) is 2.47. The maximum absolute atomic E-state index is 11.2. The fraction of sp³-hybridized carbons (Fsp3) is 0.111. The Morgan fingerprint density at radius 2 is 2.00 bits per heavy atom. The van der Waals surface area contributed by atoms with E-state index in [1.807, 2.05) is 31.2 Å². The van der Waals surface area contributed by atoms with E-state index in [4.69, 9.17) is 17.0 Å². The van der Waals surface area contributed by atoms with E-state index in [-0.39, 0.29) is 11.3 Å². The molecular weight excluding hydrogens is 372 g/mol. The number of carbonyl (C=O) groups is 1. The number of aromatic nitrogens is 1. The number of thiazole rings is 1. The number of nitrogens with one attached hydrogen (secondary N) is 1. The lowest BCUT2D eigenvalue weighted by Crippen LogP contribution is -2.20. The molecule has 0 spiro atoms. The van der Waals surface area contributed by atoms with Crippen LogP contribution >= 0.6 is 22.9 Å². The lowest BCUT2D eigenvalue weighted by Gasteiger charge is -2.08. The van der Waals surface area contributed by atoms with Crippen LogP contribution < -0.4 is 4.80 Å². The van der Waals surface area contributed by atoms with Crippen LogP contribution in [0.3, 0.4) is 0 Å². The van der Waals surface area contributed by atoms with Crippen molar-refractivity contribution in [3.05, 3.63) is 63.9 Å². The minimum Gasteiger partial charge on any atom is -0.480 e. The standard InChI is InChI=1S/C18H15ClN4O2S/c1-11-5-4-6-12(9-11)21-22-17-16(13-7-2-3-8-14(13)19)23(10-15(24)25)18(20)26-17/h2-9,20H,10H2,1H3,(H,24,25). The van der Waals surface area contributed by atoms with E-state index in [2.05, 4.69) is 10.2 Å². The van der Waals surface area contributed by atoms with E-state index in [1.165, 1.54) is 4.57 Å². The molecule has 0 amide bonds. The molecule has 6 nitrogen and oxygen atoms in total. The predicted molar refractivity (Wildman–Crippen MR) is 102 cm³/mol. The van der Waals surface area contributed by atoms with E-state index in [1.54, 1.807) is 24.3 Å². The van der Waals surface area contributed by atoms with Gasteiger partial charge in [-0.2, -0.15) is 0 Å². The summed E-state index contributed by atoms with van der Waals surface area (Å²) in [6.45, 7) is 1.61. The van der Waals surface area contributed by atoms with Crippen LogP contribution in [0.4, 0.5) is 10.7 Å². The molecule has 0 atom stereocenters. The highest BCUT2D eigenvalue weighted by Gasteiger charge is 2.19. The van der Waals surface area contributed by atoms with E-state index in [0.29, 0.717) is 27.0 Å². The number of carboxylic acids is 1. The number of halogens is 1. The molecule has 0 aliphatic carbocycles. The van der Waals surface area contributed by atoms with Crippen molar-refractivity contribution in [1.29, 1.82) is 5.41 Å². The molecule has 0 aliphatic rings. The summed E-state index contributed by atoms with van der Waals surface area (Å²) in [5.74, 6) is -1.04.